The van der Waals surface area contributed by atoms with E-state index in [-0.39, 0.29) is 6.61 Å². The lowest BCUT2D eigenvalue weighted by molar-refractivity contribution is -0.752. The van der Waals surface area contributed by atoms with Crippen molar-refractivity contribution < 1.29 is 14.5 Å². The Bertz CT molecular complexity index is 598. The number of hydrogen-bond acceptors (Lipinski definition) is 4. The number of aliphatic hydroxyl groups is 1. The first kappa shape index (κ1) is 14.9. The maximum absolute atomic E-state index is 9.06. The predicted molar refractivity (Wildman–Crippen MR) is 84.6 cm³/mol. The van der Waals surface area contributed by atoms with E-state index in [0.29, 0.717) is 13.0 Å². The number of aryl methyl sites for hydroxylation is 1. The minimum absolute atomic E-state index is 0.178. The summed E-state index contributed by atoms with van der Waals surface area (Å²) in [5.41, 5.74) is 2.33. The lowest BCUT2D eigenvalue weighted by Gasteiger charge is -2.26. The highest BCUT2D eigenvalue weighted by molar-refractivity contribution is 5.64. The van der Waals surface area contributed by atoms with Crippen LogP contribution in [0.5, 0.6) is 0 Å². The number of ether oxygens (including phenoxy) is 1. The van der Waals surface area contributed by atoms with Crippen molar-refractivity contribution in [2.75, 3.05) is 37.8 Å². The van der Waals surface area contributed by atoms with Gasteiger partial charge in [0.2, 0.25) is 6.20 Å². The molecule has 5 heteroatoms. The monoisotopic (exact) mass is 300 g/mol. The summed E-state index contributed by atoms with van der Waals surface area (Å²) in [4.78, 5) is 2.26. The zero-order valence-corrected chi connectivity index (χ0v) is 12.7. The molecule has 1 aromatic heterocycles. The fourth-order valence-electron chi connectivity index (χ4n) is 2.61. The van der Waals surface area contributed by atoms with E-state index in [1.807, 2.05) is 22.9 Å². The topological polar surface area (TPSA) is 49.5 Å². The van der Waals surface area contributed by atoms with Crippen molar-refractivity contribution in [3.05, 3.63) is 42.6 Å². The summed E-state index contributed by atoms with van der Waals surface area (Å²) in [6, 6.07) is 12.5. The zero-order valence-electron chi connectivity index (χ0n) is 12.7. The van der Waals surface area contributed by atoms with Crippen LogP contribution in [0.25, 0.3) is 11.1 Å². The molecule has 0 aliphatic carbocycles. The van der Waals surface area contributed by atoms with Crippen LogP contribution in [0.3, 0.4) is 0 Å². The van der Waals surface area contributed by atoms with Gasteiger partial charge in [0.25, 0.3) is 0 Å². The largest absolute Gasteiger partial charge is 0.396 e. The summed E-state index contributed by atoms with van der Waals surface area (Å²) < 4.78 is 7.36. The van der Waals surface area contributed by atoms with Crippen molar-refractivity contribution in [1.82, 2.24) is 5.10 Å². The molecule has 0 radical (unpaired) electrons. The van der Waals surface area contributed by atoms with E-state index >= 15 is 0 Å². The van der Waals surface area contributed by atoms with Gasteiger partial charge in [-0.05, 0) is 5.56 Å². The van der Waals surface area contributed by atoms with Gasteiger partial charge in [-0.25, -0.2) is 0 Å². The number of benzene rings is 1. The van der Waals surface area contributed by atoms with E-state index in [9.17, 15) is 0 Å². The Morgan fingerprint density at radius 1 is 1.14 bits per heavy atom. The SMILES string of the molecule is OCCC[n+]1cc(-c2ccccc2)cc(N2CCOCC2)n1. The van der Waals surface area contributed by atoms with E-state index in [0.717, 1.165) is 37.7 Å². The molecule has 3 rings (SSSR count). The molecule has 2 aromatic rings. The molecule has 0 bridgehead atoms. The molecule has 1 N–H and O–H groups in total. The molecule has 1 aromatic carbocycles. The molecule has 1 aliphatic rings. The second-order valence-electron chi connectivity index (χ2n) is 5.39. The molecule has 0 saturated carbocycles. The fraction of sp³-hybridized carbons (Fsp3) is 0.412. The molecule has 0 unspecified atom stereocenters. The van der Waals surface area contributed by atoms with Crippen molar-refractivity contribution in [2.24, 2.45) is 0 Å². The Kier molecular flexibility index (Phi) is 4.98. The lowest BCUT2D eigenvalue weighted by atomic mass is 10.1. The molecule has 116 valence electrons. The van der Waals surface area contributed by atoms with Crippen LogP contribution < -0.4 is 9.58 Å². The summed E-state index contributed by atoms with van der Waals surface area (Å²) in [6.45, 7) is 4.11. The van der Waals surface area contributed by atoms with Crippen LogP contribution in [0, 0.1) is 0 Å². The fourth-order valence-corrected chi connectivity index (χ4v) is 2.61. The van der Waals surface area contributed by atoms with Crippen LogP contribution in [-0.2, 0) is 11.3 Å². The van der Waals surface area contributed by atoms with Crippen molar-refractivity contribution in [3.8, 4) is 11.1 Å². The highest BCUT2D eigenvalue weighted by Gasteiger charge is 2.18. The quantitative estimate of drug-likeness (QED) is 0.845. The second-order valence-corrected chi connectivity index (χ2v) is 5.39. The first-order chi connectivity index (χ1) is 10.9. The maximum Gasteiger partial charge on any atom is 0.204 e. The molecule has 0 spiro atoms. The third kappa shape index (κ3) is 3.61. The predicted octanol–water partition coefficient (Wildman–Crippen LogP) is 1.26. The van der Waals surface area contributed by atoms with Crippen molar-refractivity contribution in [2.45, 2.75) is 13.0 Å². The molecular formula is C17H22N3O2+. The smallest absolute Gasteiger partial charge is 0.204 e. The first-order valence-electron chi connectivity index (χ1n) is 7.77. The van der Waals surface area contributed by atoms with Gasteiger partial charge in [0.15, 0.2) is 12.4 Å². The Labute approximate surface area is 130 Å². The number of nitrogens with zero attached hydrogens (tertiary/aromatic N) is 3. The summed E-state index contributed by atoms with van der Waals surface area (Å²) in [5.74, 6) is 0.975. The molecule has 0 amide bonds. The molecule has 5 nitrogen and oxygen atoms in total. The molecule has 1 saturated heterocycles. The number of aromatic nitrogens is 2. The van der Waals surface area contributed by atoms with Crippen molar-refractivity contribution in [1.29, 1.82) is 0 Å². The van der Waals surface area contributed by atoms with Gasteiger partial charge in [-0.1, -0.05) is 35.0 Å². The molecule has 22 heavy (non-hydrogen) atoms. The average molecular weight is 300 g/mol. The highest BCUT2D eigenvalue weighted by Crippen LogP contribution is 2.21. The van der Waals surface area contributed by atoms with Gasteiger partial charge < -0.3 is 14.7 Å². The van der Waals surface area contributed by atoms with E-state index < -0.39 is 0 Å². The number of anilines is 1. The van der Waals surface area contributed by atoms with E-state index in [2.05, 4.69) is 29.3 Å². The summed E-state index contributed by atoms with van der Waals surface area (Å²) in [6.07, 6.45) is 2.76. The molecule has 1 fully saturated rings. The third-order valence-corrected chi connectivity index (χ3v) is 3.79. The van der Waals surface area contributed by atoms with Crippen molar-refractivity contribution in [3.63, 3.8) is 0 Å². The third-order valence-electron chi connectivity index (χ3n) is 3.79. The Balaban J connectivity index is 1.94. The van der Waals surface area contributed by atoms with Crippen LogP contribution in [-0.4, -0.2) is 43.1 Å². The maximum atomic E-state index is 9.06. The normalized spacial score (nSPS) is 15.0. The van der Waals surface area contributed by atoms with Gasteiger partial charge in [0.05, 0.1) is 18.8 Å². The number of morpholine rings is 1. The van der Waals surface area contributed by atoms with Crippen molar-refractivity contribution >= 4 is 5.82 Å². The summed E-state index contributed by atoms with van der Waals surface area (Å²) in [5, 5.41) is 13.8. The van der Waals surface area contributed by atoms with Crippen LogP contribution >= 0.6 is 0 Å². The van der Waals surface area contributed by atoms with E-state index in [4.69, 9.17) is 14.9 Å². The lowest BCUT2D eigenvalue weighted by Crippen LogP contribution is -2.43. The summed E-state index contributed by atoms with van der Waals surface area (Å²) >= 11 is 0. The van der Waals surface area contributed by atoms with Gasteiger partial charge >= 0.3 is 0 Å². The first-order valence-corrected chi connectivity index (χ1v) is 7.77. The van der Waals surface area contributed by atoms with Crippen LogP contribution in [0.15, 0.2) is 42.6 Å². The van der Waals surface area contributed by atoms with Gasteiger partial charge in [-0.2, -0.15) is 0 Å². The van der Waals surface area contributed by atoms with E-state index in [1.54, 1.807) is 0 Å². The Morgan fingerprint density at radius 2 is 1.91 bits per heavy atom. The molecule has 0 atom stereocenters. The standard InChI is InChI=1S/C17H22N3O2/c21-10-4-7-20-14-16(15-5-2-1-3-6-15)13-17(18-20)19-8-11-22-12-9-19/h1-3,5-6,13-14,21H,4,7-12H2/q+1. The van der Waals surface area contributed by atoms with Gasteiger partial charge in [0, 0.05) is 37.3 Å². The molecular weight excluding hydrogens is 278 g/mol. The van der Waals surface area contributed by atoms with Crippen LogP contribution in [0.2, 0.25) is 0 Å². The second kappa shape index (κ2) is 7.33. The molecule has 2 heterocycles. The van der Waals surface area contributed by atoms with Gasteiger partial charge in [-0.15, -0.1) is 0 Å². The summed E-state index contributed by atoms with van der Waals surface area (Å²) in [7, 11) is 0. The van der Waals surface area contributed by atoms with Crippen LogP contribution in [0.1, 0.15) is 6.42 Å². The number of rotatable bonds is 5. The number of hydrogen-bond donors (Lipinski definition) is 1. The average Bonchev–Trinajstić information content (AvgIpc) is 2.61. The van der Waals surface area contributed by atoms with Gasteiger partial charge in [-0.3, -0.25) is 0 Å². The minimum Gasteiger partial charge on any atom is -0.396 e. The van der Waals surface area contributed by atoms with E-state index in [1.165, 1.54) is 5.56 Å². The minimum atomic E-state index is 0.178. The Morgan fingerprint density at radius 3 is 2.64 bits per heavy atom. The molecule has 1 aliphatic heterocycles. The van der Waals surface area contributed by atoms with Crippen LogP contribution in [0.4, 0.5) is 5.82 Å². The number of aliphatic hydroxyl groups excluding tert-OH is 1. The zero-order chi connectivity index (χ0) is 15.2. The Hall–Kier alpha value is -1.98. The van der Waals surface area contributed by atoms with Gasteiger partial charge in [0.1, 0.15) is 0 Å². The highest BCUT2D eigenvalue weighted by atomic mass is 16.5.